The maximum absolute atomic E-state index is 12.7. The summed E-state index contributed by atoms with van der Waals surface area (Å²) >= 11 is 0. The highest BCUT2D eigenvalue weighted by Crippen LogP contribution is 2.21. The molecule has 0 heterocycles. The molecule has 1 rings (SSSR count). The first-order chi connectivity index (χ1) is 6.15. The molecule has 4 heteroatoms. The third-order valence-electron chi connectivity index (χ3n) is 1.57. The Balaban J connectivity index is 2.88. The van der Waals surface area contributed by atoms with Gasteiger partial charge in [-0.1, -0.05) is 0 Å². The van der Waals surface area contributed by atoms with Crippen LogP contribution in [0.2, 0.25) is 0 Å². The number of hydrogen-bond acceptors (Lipinski definition) is 2. The van der Waals surface area contributed by atoms with Crippen LogP contribution >= 0.6 is 0 Å². The summed E-state index contributed by atoms with van der Waals surface area (Å²) in [6.45, 7) is 1.53. The van der Waals surface area contributed by atoms with E-state index >= 15 is 0 Å². The molecule has 0 unspecified atom stereocenters. The Morgan fingerprint density at radius 2 is 1.92 bits per heavy atom. The summed E-state index contributed by atoms with van der Waals surface area (Å²) in [6, 6.07) is 2.03. The second-order valence-corrected chi connectivity index (χ2v) is 2.60. The molecule has 0 amide bonds. The highest BCUT2D eigenvalue weighted by molar-refractivity contribution is 5.33. The highest BCUT2D eigenvalue weighted by Gasteiger charge is 2.07. The Kier molecular flexibility index (Phi) is 3.19. The van der Waals surface area contributed by atoms with E-state index in [4.69, 9.17) is 9.84 Å². The van der Waals surface area contributed by atoms with Gasteiger partial charge in [0.15, 0.2) is 11.6 Å². The number of aliphatic hydroxyl groups is 1. The van der Waals surface area contributed by atoms with E-state index in [1.807, 2.05) is 0 Å². The molecule has 0 bridgehead atoms. The van der Waals surface area contributed by atoms with Gasteiger partial charge in [0.1, 0.15) is 12.4 Å². The molecule has 0 fully saturated rings. The van der Waals surface area contributed by atoms with Gasteiger partial charge in [0, 0.05) is 6.07 Å². The highest BCUT2D eigenvalue weighted by atomic mass is 19.2. The zero-order chi connectivity index (χ0) is 9.84. The number of benzene rings is 1. The largest absolute Gasteiger partial charge is 0.491 e. The van der Waals surface area contributed by atoms with Crippen LogP contribution in [0, 0.1) is 18.6 Å². The molecule has 0 aromatic heterocycles. The Morgan fingerprint density at radius 3 is 2.54 bits per heavy atom. The Bertz CT molecular complexity index is 300. The molecule has 0 aliphatic heterocycles. The maximum atomic E-state index is 12.7. The minimum absolute atomic E-state index is 0.0753. The van der Waals surface area contributed by atoms with Crippen molar-refractivity contribution in [3.05, 3.63) is 29.3 Å². The Hall–Kier alpha value is -1.16. The first-order valence-electron chi connectivity index (χ1n) is 3.84. The first-order valence-corrected chi connectivity index (χ1v) is 3.84. The minimum Gasteiger partial charge on any atom is -0.491 e. The molecule has 0 saturated heterocycles. The van der Waals surface area contributed by atoms with Crippen molar-refractivity contribution in [3.8, 4) is 5.75 Å². The number of aliphatic hydroxyl groups excluding tert-OH is 1. The zero-order valence-corrected chi connectivity index (χ0v) is 7.18. The summed E-state index contributed by atoms with van der Waals surface area (Å²) < 4.78 is 30.2. The lowest BCUT2D eigenvalue weighted by atomic mass is 10.2. The molecule has 0 spiro atoms. The predicted octanol–water partition coefficient (Wildman–Crippen LogP) is 1.64. The topological polar surface area (TPSA) is 29.5 Å². The van der Waals surface area contributed by atoms with Crippen molar-refractivity contribution < 1.29 is 18.6 Å². The van der Waals surface area contributed by atoms with Crippen LogP contribution in [0.1, 0.15) is 5.56 Å². The second-order valence-electron chi connectivity index (χ2n) is 2.60. The van der Waals surface area contributed by atoms with Crippen molar-refractivity contribution in [1.82, 2.24) is 0 Å². The van der Waals surface area contributed by atoms with Gasteiger partial charge in [-0.25, -0.2) is 8.78 Å². The van der Waals surface area contributed by atoms with Gasteiger partial charge in [0.2, 0.25) is 0 Å². The number of ether oxygens (including phenoxy) is 1. The standard InChI is InChI=1S/C9H10F2O2/c1-6-4-7(10)8(11)5-9(6)13-3-2-12/h4-5,12H,2-3H2,1H3. The molecule has 1 N–H and O–H groups in total. The second kappa shape index (κ2) is 4.18. The van der Waals surface area contributed by atoms with Crippen molar-refractivity contribution in [2.24, 2.45) is 0 Å². The lowest BCUT2D eigenvalue weighted by Crippen LogP contribution is -2.03. The third kappa shape index (κ3) is 2.39. The van der Waals surface area contributed by atoms with E-state index in [9.17, 15) is 8.78 Å². The molecule has 72 valence electrons. The molecule has 0 radical (unpaired) electrons. The van der Waals surface area contributed by atoms with Crippen LogP contribution < -0.4 is 4.74 Å². The van der Waals surface area contributed by atoms with Gasteiger partial charge < -0.3 is 9.84 Å². The third-order valence-corrected chi connectivity index (χ3v) is 1.57. The zero-order valence-electron chi connectivity index (χ0n) is 7.18. The molecule has 0 atom stereocenters. The average molecular weight is 188 g/mol. The van der Waals surface area contributed by atoms with Crippen molar-refractivity contribution >= 4 is 0 Å². The van der Waals surface area contributed by atoms with Gasteiger partial charge in [0.05, 0.1) is 6.61 Å². The quantitative estimate of drug-likeness (QED) is 0.781. The van der Waals surface area contributed by atoms with Crippen LogP contribution in [0.15, 0.2) is 12.1 Å². The van der Waals surface area contributed by atoms with E-state index in [0.717, 1.165) is 12.1 Å². The summed E-state index contributed by atoms with van der Waals surface area (Å²) in [4.78, 5) is 0. The summed E-state index contributed by atoms with van der Waals surface area (Å²) in [6.07, 6.45) is 0. The molecular weight excluding hydrogens is 178 g/mol. The monoisotopic (exact) mass is 188 g/mol. The summed E-state index contributed by atoms with van der Waals surface area (Å²) in [7, 11) is 0. The SMILES string of the molecule is Cc1cc(F)c(F)cc1OCCO. The van der Waals surface area contributed by atoms with Gasteiger partial charge >= 0.3 is 0 Å². The fourth-order valence-corrected chi connectivity index (χ4v) is 0.939. The summed E-state index contributed by atoms with van der Waals surface area (Å²) in [5.74, 6) is -1.58. The van der Waals surface area contributed by atoms with Crippen molar-refractivity contribution in [2.75, 3.05) is 13.2 Å². The van der Waals surface area contributed by atoms with E-state index in [1.54, 1.807) is 6.92 Å². The minimum atomic E-state index is -0.946. The summed E-state index contributed by atoms with van der Waals surface area (Å²) in [5.41, 5.74) is 0.507. The fourth-order valence-electron chi connectivity index (χ4n) is 0.939. The van der Waals surface area contributed by atoms with Crippen molar-refractivity contribution in [3.63, 3.8) is 0 Å². The van der Waals surface area contributed by atoms with Gasteiger partial charge in [-0.15, -0.1) is 0 Å². The van der Waals surface area contributed by atoms with Gasteiger partial charge in [0.25, 0.3) is 0 Å². The number of aryl methyl sites for hydroxylation is 1. The van der Waals surface area contributed by atoms with Gasteiger partial charge in [-0.05, 0) is 18.6 Å². The van der Waals surface area contributed by atoms with Crippen LogP contribution in [-0.2, 0) is 0 Å². The van der Waals surface area contributed by atoms with E-state index in [2.05, 4.69) is 0 Å². The first kappa shape index (κ1) is 9.92. The molecule has 0 aliphatic rings. The molecular formula is C9H10F2O2. The van der Waals surface area contributed by atoms with Crippen LogP contribution in [0.3, 0.4) is 0 Å². The molecule has 1 aromatic carbocycles. The predicted molar refractivity (Wildman–Crippen MR) is 43.7 cm³/mol. The number of halogens is 2. The molecule has 13 heavy (non-hydrogen) atoms. The normalized spacial score (nSPS) is 10.2. The molecule has 0 saturated carbocycles. The Labute approximate surface area is 74.8 Å². The fraction of sp³-hybridized carbons (Fsp3) is 0.333. The van der Waals surface area contributed by atoms with Crippen LogP contribution in [-0.4, -0.2) is 18.3 Å². The Morgan fingerprint density at radius 1 is 1.31 bits per heavy atom. The van der Waals surface area contributed by atoms with Gasteiger partial charge in [-0.2, -0.15) is 0 Å². The molecule has 2 nitrogen and oxygen atoms in total. The lowest BCUT2D eigenvalue weighted by molar-refractivity contribution is 0.200. The summed E-state index contributed by atoms with van der Waals surface area (Å²) in [5, 5.41) is 8.45. The smallest absolute Gasteiger partial charge is 0.162 e. The van der Waals surface area contributed by atoms with Crippen LogP contribution in [0.25, 0.3) is 0 Å². The van der Waals surface area contributed by atoms with Crippen LogP contribution in [0.5, 0.6) is 5.75 Å². The van der Waals surface area contributed by atoms with E-state index in [0.29, 0.717) is 5.56 Å². The molecule has 1 aromatic rings. The van der Waals surface area contributed by atoms with Crippen molar-refractivity contribution in [1.29, 1.82) is 0 Å². The van der Waals surface area contributed by atoms with Crippen molar-refractivity contribution in [2.45, 2.75) is 6.92 Å². The average Bonchev–Trinajstić information content (AvgIpc) is 2.09. The van der Waals surface area contributed by atoms with Gasteiger partial charge in [-0.3, -0.25) is 0 Å². The lowest BCUT2D eigenvalue weighted by Gasteiger charge is -2.07. The number of hydrogen-bond donors (Lipinski definition) is 1. The molecule has 0 aliphatic carbocycles. The van der Waals surface area contributed by atoms with E-state index in [-0.39, 0.29) is 19.0 Å². The van der Waals surface area contributed by atoms with E-state index in [1.165, 1.54) is 0 Å². The van der Waals surface area contributed by atoms with E-state index < -0.39 is 11.6 Å². The maximum Gasteiger partial charge on any atom is 0.162 e. The number of rotatable bonds is 3. The van der Waals surface area contributed by atoms with Crippen LogP contribution in [0.4, 0.5) is 8.78 Å².